The monoisotopic (exact) mass is 306 g/mol. The van der Waals surface area contributed by atoms with Gasteiger partial charge in [0.2, 0.25) is 5.88 Å². The first-order valence-corrected chi connectivity index (χ1v) is 7.47. The number of H-pyrrole nitrogens is 1. The highest BCUT2D eigenvalue weighted by Crippen LogP contribution is 2.20. The van der Waals surface area contributed by atoms with Crippen LogP contribution in [0.25, 0.3) is 11.1 Å². The Labute approximate surface area is 134 Å². The summed E-state index contributed by atoms with van der Waals surface area (Å²) in [5.74, 6) is 0.541. The number of benzene rings is 1. The molecule has 23 heavy (non-hydrogen) atoms. The number of hydrogen-bond acceptors (Lipinski definition) is 3. The normalized spacial score (nSPS) is 10.5. The zero-order valence-corrected chi connectivity index (χ0v) is 13.2. The number of ether oxygens (including phenoxy) is 1. The Morgan fingerprint density at radius 1 is 1.09 bits per heavy atom. The topological polar surface area (TPSA) is 55.0 Å². The average Bonchev–Trinajstić information content (AvgIpc) is 2.54. The van der Waals surface area contributed by atoms with Crippen LogP contribution < -0.4 is 10.2 Å². The van der Waals surface area contributed by atoms with Gasteiger partial charge in [0.15, 0.2) is 5.43 Å². The van der Waals surface area contributed by atoms with E-state index in [0.29, 0.717) is 18.1 Å². The van der Waals surface area contributed by atoms with E-state index in [4.69, 9.17) is 4.74 Å². The fourth-order valence-electron chi connectivity index (χ4n) is 2.55. The number of aromatic nitrogens is 2. The molecule has 1 aromatic carbocycles. The molecule has 0 aliphatic rings. The second-order valence-electron chi connectivity index (χ2n) is 5.48. The van der Waals surface area contributed by atoms with Gasteiger partial charge in [0.1, 0.15) is 6.61 Å². The van der Waals surface area contributed by atoms with Crippen molar-refractivity contribution >= 4 is 0 Å². The van der Waals surface area contributed by atoms with E-state index in [1.807, 2.05) is 50.2 Å². The molecule has 4 heteroatoms. The first-order chi connectivity index (χ1) is 11.1. The van der Waals surface area contributed by atoms with Gasteiger partial charge in [-0.25, -0.2) is 4.98 Å². The minimum atomic E-state index is -0.00139. The van der Waals surface area contributed by atoms with Crippen LogP contribution in [0.15, 0.2) is 59.5 Å². The van der Waals surface area contributed by atoms with Crippen molar-refractivity contribution in [3.8, 4) is 17.0 Å². The first kappa shape index (κ1) is 15.0. The minimum Gasteiger partial charge on any atom is -0.473 e. The SMILES string of the molecule is Cc1cc(=O)c(-c2ccc(OCc3ccccc3)nc2)c(C)[nH]1. The number of aromatic amines is 1. The maximum absolute atomic E-state index is 12.2. The van der Waals surface area contributed by atoms with Crippen LogP contribution in [0.5, 0.6) is 5.88 Å². The summed E-state index contributed by atoms with van der Waals surface area (Å²) >= 11 is 0. The highest BCUT2D eigenvalue weighted by atomic mass is 16.5. The molecule has 0 spiro atoms. The number of nitrogens with zero attached hydrogens (tertiary/aromatic N) is 1. The summed E-state index contributed by atoms with van der Waals surface area (Å²) < 4.78 is 5.67. The van der Waals surface area contributed by atoms with Crippen LogP contribution in [0.4, 0.5) is 0 Å². The molecule has 0 unspecified atom stereocenters. The third-order valence-corrected chi connectivity index (χ3v) is 3.61. The highest BCUT2D eigenvalue weighted by molar-refractivity contribution is 5.65. The van der Waals surface area contributed by atoms with Crippen molar-refractivity contribution in [3.05, 3.63) is 81.9 Å². The van der Waals surface area contributed by atoms with E-state index in [1.165, 1.54) is 0 Å². The van der Waals surface area contributed by atoms with Crippen LogP contribution in [0.3, 0.4) is 0 Å². The average molecular weight is 306 g/mol. The maximum Gasteiger partial charge on any atom is 0.213 e. The van der Waals surface area contributed by atoms with Crippen molar-refractivity contribution in [2.24, 2.45) is 0 Å². The van der Waals surface area contributed by atoms with E-state index >= 15 is 0 Å². The zero-order valence-electron chi connectivity index (χ0n) is 13.2. The highest BCUT2D eigenvalue weighted by Gasteiger charge is 2.08. The predicted molar refractivity (Wildman–Crippen MR) is 90.5 cm³/mol. The summed E-state index contributed by atoms with van der Waals surface area (Å²) in [7, 11) is 0. The van der Waals surface area contributed by atoms with Gasteiger partial charge in [-0.2, -0.15) is 0 Å². The molecular formula is C19H18N2O2. The van der Waals surface area contributed by atoms with Gasteiger partial charge in [0.05, 0.1) is 0 Å². The second-order valence-corrected chi connectivity index (χ2v) is 5.48. The van der Waals surface area contributed by atoms with Crippen LogP contribution >= 0.6 is 0 Å². The number of pyridine rings is 2. The smallest absolute Gasteiger partial charge is 0.213 e. The second kappa shape index (κ2) is 6.48. The summed E-state index contributed by atoms with van der Waals surface area (Å²) in [6.07, 6.45) is 1.67. The van der Waals surface area contributed by atoms with E-state index in [2.05, 4.69) is 9.97 Å². The first-order valence-electron chi connectivity index (χ1n) is 7.47. The number of aryl methyl sites for hydroxylation is 2. The van der Waals surface area contributed by atoms with Crippen LogP contribution in [0, 0.1) is 13.8 Å². The molecule has 3 aromatic rings. The van der Waals surface area contributed by atoms with Gasteiger partial charge >= 0.3 is 0 Å². The van der Waals surface area contributed by atoms with Gasteiger partial charge in [-0.3, -0.25) is 4.79 Å². The van der Waals surface area contributed by atoms with Crippen LogP contribution in [-0.4, -0.2) is 9.97 Å². The lowest BCUT2D eigenvalue weighted by molar-refractivity contribution is 0.294. The third kappa shape index (κ3) is 3.48. The quantitative estimate of drug-likeness (QED) is 0.800. The Bertz CT molecular complexity index is 853. The molecule has 4 nitrogen and oxygen atoms in total. The number of nitrogens with one attached hydrogen (secondary N) is 1. The predicted octanol–water partition coefficient (Wildman–Crippen LogP) is 3.63. The Morgan fingerprint density at radius 2 is 1.87 bits per heavy atom. The molecule has 0 radical (unpaired) electrons. The molecule has 2 heterocycles. The number of rotatable bonds is 4. The zero-order chi connectivity index (χ0) is 16.2. The molecule has 0 amide bonds. The van der Waals surface area contributed by atoms with Crippen molar-refractivity contribution in [3.63, 3.8) is 0 Å². The van der Waals surface area contributed by atoms with E-state index < -0.39 is 0 Å². The molecular weight excluding hydrogens is 288 g/mol. The fourth-order valence-corrected chi connectivity index (χ4v) is 2.55. The van der Waals surface area contributed by atoms with Gasteiger partial charge < -0.3 is 9.72 Å². The van der Waals surface area contributed by atoms with Crippen molar-refractivity contribution in [2.45, 2.75) is 20.5 Å². The van der Waals surface area contributed by atoms with Gasteiger partial charge in [-0.1, -0.05) is 30.3 Å². The van der Waals surface area contributed by atoms with E-state index in [1.54, 1.807) is 18.3 Å². The minimum absolute atomic E-state index is 0.00139. The molecule has 2 aromatic heterocycles. The van der Waals surface area contributed by atoms with Gasteiger partial charge in [0.25, 0.3) is 0 Å². The van der Waals surface area contributed by atoms with E-state index in [9.17, 15) is 4.79 Å². The number of hydrogen-bond donors (Lipinski definition) is 1. The molecule has 3 rings (SSSR count). The fraction of sp³-hybridized carbons (Fsp3) is 0.158. The Hall–Kier alpha value is -2.88. The maximum atomic E-state index is 12.2. The summed E-state index contributed by atoms with van der Waals surface area (Å²) in [6, 6.07) is 15.2. The van der Waals surface area contributed by atoms with Gasteiger partial charge in [-0.15, -0.1) is 0 Å². The molecule has 0 aliphatic heterocycles. The third-order valence-electron chi connectivity index (χ3n) is 3.61. The molecule has 0 aliphatic carbocycles. The standard InChI is InChI=1S/C19H18N2O2/c1-13-10-17(22)19(14(2)21-13)16-8-9-18(20-11-16)23-12-15-6-4-3-5-7-15/h3-11H,12H2,1-2H3,(H,21,22). The molecule has 116 valence electrons. The summed E-state index contributed by atoms with van der Waals surface area (Å²) in [6.45, 7) is 4.23. The molecule has 0 saturated heterocycles. The van der Waals surface area contributed by atoms with Crippen LogP contribution in [0.2, 0.25) is 0 Å². The summed E-state index contributed by atoms with van der Waals surface area (Å²) in [5.41, 5.74) is 4.22. The van der Waals surface area contributed by atoms with Crippen LogP contribution in [-0.2, 0) is 6.61 Å². The lowest BCUT2D eigenvalue weighted by Crippen LogP contribution is -2.09. The molecule has 1 N–H and O–H groups in total. The van der Waals surface area contributed by atoms with Gasteiger partial charge in [-0.05, 0) is 25.5 Å². The molecule has 0 atom stereocenters. The van der Waals surface area contributed by atoms with Gasteiger partial charge in [0, 0.05) is 40.8 Å². The van der Waals surface area contributed by atoms with E-state index in [0.717, 1.165) is 22.5 Å². The summed E-state index contributed by atoms with van der Waals surface area (Å²) in [4.78, 5) is 19.7. The lowest BCUT2D eigenvalue weighted by atomic mass is 10.1. The van der Waals surface area contributed by atoms with Crippen molar-refractivity contribution in [1.29, 1.82) is 0 Å². The summed E-state index contributed by atoms with van der Waals surface area (Å²) in [5, 5.41) is 0. The van der Waals surface area contributed by atoms with Crippen molar-refractivity contribution in [1.82, 2.24) is 9.97 Å². The van der Waals surface area contributed by atoms with Crippen molar-refractivity contribution < 1.29 is 4.74 Å². The molecule has 0 fully saturated rings. The Balaban J connectivity index is 1.79. The van der Waals surface area contributed by atoms with Crippen molar-refractivity contribution in [2.75, 3.05) is 0 Å². The molecule has 0 bridgehead atoms. The lowest BCUT2D eigenvalue weighted by Gasteiger charge is -2.08. The Morgan fingerprint density at radius 3 is 2.52 bits per heavy atom. The van der Waals surface area contributed by atoms with Crippen LogP contribution in [0.1, 0.15) is 17.0 Å². The van der Waals surface area contributed by atoms with E-state index in [-0.39, 0.29) is 5.43 Å². The largest absolute Gasteiger partial charge is 0.473 e. The Kier molecular flexibility index (Phi) is 4.24. The molecule has 0 saturated carbocycles.